The molecule has 4 amide bonds. The molecule has 1 spiro atoms. The smallest absolute Gasteiger partial charge is 0.277 e. The molecule has 3 aliphatic rings. The molecule has 2 saturated heterocycles. The maximum Gasteiger partial charge on any atom is 0.331 e. The molecule has 8 heteroatoms. The number of urea groups is 1. The van der Waals surface area contributed by atoms with Crippen molar-refractivity contribution in [1.29, 1.82) is 0 Å². The fourth-order valence-electron chi connectivity index (χ4n) is 2.98. The molecule has 1 unspecified atom stereocenters. The molecule has 0 aromatic heterocycles. The Hall–Kier alpha value is -1.44. The number of carbonyl (C=O) groups is 3. The van der Waals surface area contributed by atoms with E-state index in [2.05, 4.69) is 5.32 Å². The summed E-state index contributed by atoms with van der Waals surface area (Å²) in [5, 5.41) is 2.19. The number of nitrogens with zero attached hydrogens (tertiary/aromatic N) is 1. The number of nitrogens with one attached hydrogen (secondary N) is 1. The quantitative estimate of drug-likeness (QED) is 0.650. The van der Waals surface area contributed by atoms with E-state index in [1.54, 1.807) is 0 Å². The molecule has 3 fully saturated rings. The number of rotatable bonds is 1. The third-order valence-electron chi connectivity index (χ3n) is 4.28. The minimum absolute atomic E-state index is 0.0182. The summed E-state index contributed by atoms with van der Waals surface area (Å²) in [4.78, 5) is 37.0. The van der Waals surface area contributed by atoms with Crippen LogP contribution in [0, 0.1) is 5.41 Å². The molecule has 1 aliphatic carbocycles. The van der Waals surface area contributed by atoms with E-state index in [9.17, 15) is 22.8 Å². The highest BCUT2D eigenvalue weighted by Gasteiger charge is 2.59. The van der Waals surface area contributed by atoms with Gasteiger partial charge >= 0.3 is 6.03 Å². The topological polar surface area (TPSA) is 101 Å². The summed E-state index contributed by atoms with van der Waals surface area (Å²) in [5.41, 5.74) is -1.12. The van der Waals surface area contributed by atoms with Gasteiger partial charge in [-0.2, -0.15) is 0 Å². The highest BCUT2D eigenvalue weighted by Crippen LogP contribution is 2.45. The van der Waals surface area contributed by atoms with Gasteiger partial charge in [0.2, 0.25) is 11.8 Å². The van der Waals surface area contributed by atoms with E-state index in [-0.39, 0.29) is 17.9 Å². The minimum atomic E-state index is -3.19. The molecule has 1 N–H and O–H groups in total. The number of hydrogen-bond acceptors (Lipinski definition) is 5. The Balaban J connectivity index is 1.91. The Morgan fingerprint density at radius 3 is 2.37 bits per heavy atom. The van der Waals surface area contributed by atoms with Crippen LogP contribution in [-0.2, 0) is 19.4 Å². The molecule has 3 rings (SSSR count). The minimum Gasteiger partial charge on any atom is -0.277 e. The monoisotopic (exact) mass is 286 g/mol. The molecular weight excluding hydrogens is 272 g/mol. The van der Waals surface area contributed by atoms with Gasteiger partial charge < -0.3 is 0 Å². The molecule has 1 saturated carbocycles. The zero-order valence-corrected chi connectivity index (χ0v) is 11.0. The van der Waals surface area contributed by atoms with Gasteiger partial charge in [-0.1, -0.05) is 6.42 Å². The molecule has 0 aromatic carbocycles. The molecule has 1 atom stereocenters. The fraction of sp³-hybridized carbons (Fsp3) is 0.727. The summed E-state index contributed by atoms with van der Waals surface area (Å²) in [7, 11) is -3.19. The average molecular weight is 286 g/mol. The van der Waals surface area contributed by atoms with E-state index in [0.717, 1.165) is 11.3 Å². The second kappa shape index (κ2) is 3.78. The second-order valence-corrected chi connectivity index (χ2v) is 7.66. The second-order valence-electron chi connectivity index (χ2n) is 5.43. The van der Waals surface area contributed by atoms with Crippen LogP contribution in [0.25, 0.3) is 0 Å². The first-order valence-electron chi connectivity index (χ1n) is 6.25. The maximum absolute atomic E-state index is 12.4. The van der Waals surface area contributed by atoms with Crippen molar-refractivity contribution in [2.45, 2.75) is 31.7 Å². The van der Waals surface area contributed by atoms with Gasteiger partial charge in [0, 0.05) is 0 Å². The number of barbiturate groups is 1. The van der Waals surface area contributed by atoms with Crippen LogP contribution >= 0.6 is 0 Å². The third-order valence-corrected chi connectivity index (χ3v) is 6.03. The van der Waals surface area contributed by atoms with Crippen molar-refractivity contribution in [2.75, 3.05) is 11.5 Å². The lowest BCUT2D eigenvalue weighted by molar-refractivity contribution is -0.158. The Bertz CT molecular complexity index is 578. The molecule has 19 heavy (non-hydrogen) atoms. The van der Waals surface area contributed by atoms with Crippen molar-refractivity contribution in [3.63, 3.8) is 0 Å². The molecule has 0 bridgehead atoms. The highest BCUT2D eigenvalue weighted by atomic mass is 32.2. The predicted octanol–water partition coefficient (Wildman–Crippen LogP) is -0.578. The van der Waals surface area contributed by atoms with E-state index < -0.39 is 39.1 Å². The number of amides is 4. The zero-order chi connectivity index (χ0) is 13.8. The number of imide groups is 2. The molecule has 2 aliphatic heterocycles. The van der Waals surface area contributed by atoms with E-state index >= 15 is 0 Å². The van der Waals surface area contributed by atoms with Crippen LogP contribution in [0.5, 0.6) is 0 Å². The van der Waals surface area contributed by atoms with Crippen molar-refractivity contribution in [1.82, 2.24) is 10.2 Å². The summed E-state index contributed by atoms with van der Waals surface area (Å²) >= 11 is 0. The van der Waals surface area contributed by atoms with Crippen LogP contribution in [0.3, 0.4) is 0 Å². The van der Waals surface area contributed by atoms with Gasteiger partial charge in [0.25, 0.3) is 0 Å². The van der Waals surface area contributed by atoms with Crippen molar-refractivity contribution >= 4 is 27.7 Å². The summed E-state index contributed by atoms with van der Waals surface area (Å²) in [6, 6.07) is -1.42. The lowest BCUT2D eigenvalue weighted by Gasteiger charge is -2.45. The van der Waals surface area contributed by atoms with E-state index in [1.165, 1.54) is 0 Å². The largest absolute Gasteiger partial charge is 0.331 e. The predicted molar refractivity (Wildman–Crippen MR) is 63.7 cm³/mol. The first-order valence-corrected chi connectivity index (χ1v) is 8.07. The van der Waals surface area contributed by atoms with Crippen LogP contribution in [-0.4, -0.2) is 48.7 Å². The van der Waals surface area contributed by atoms with Gasteiger partial charge in [0.15, 0.2) is 9.84 Å². The summed E-state index contributed by atoms with van der Waals surface area (Å²) in [5.74, 6) is -1.27. The third kappa shape index (κ3) is 1.69. The van der Waals surface area contributed by atoms with E-state index in [0.29, 0.717) is 12.8 Å². The first-order chi connectivity index (χ1) is 8.86. The normalized spacial score (nSPS) is 32.3. The van der Waals surface area contributed by atoms with Crippen molar-refractivity contribution in [3.05, 3.63) is 0 Å². The molecule has 7 nitrogen and oxygen atoms in total. The summed E-state index contributed by atoms with van der Waals surface area (Å²) < 4.78 is 22.9. The SMILES string of the molecule is O=C1NC(=O)C2(CCC2)C(=O)N1C1CCS(=O)(=O)C1. The molecule has 104 valence electrons. The fourth-order valence-corrected chi connectivity index (χ4v) is 4.68. The highest BCUT2D eigenvalue weighted by molar-refractivity contribution is 7.91. The van der Waals surface area contributed by atoms with Crippen molar-refractivity contribution in [2.24, 2.45) is 5.41 Å². The Kier molecular flexibility index (Phi) is 2.51. The molecule has 0 radical (unpaired) electrons. The molecular formula is C11H14N2O5S. The summed E-state index contributed by atoms with van der Waals surface area (Å²) in [6.07, 6.45) is 1.89. The number of hydrogen-bond donors (Lipinski definition) is 1. The molecule has 0 aromatic rings. The number of sulfone groups is 1. The van der Waals surface area contributed by atoms with Crippen LogP contribution in [0.15, 0.2) is 0 Å². The van der Waals surface area contributed by atoms with Gasteiger partial charge in [-0.3, -0.25) is 19.8 Å². The average Bonchev–Trinajstić information content (AvgIpc) is 2.55. The van der Waals surface area contributed by atoms with Crippen LogP contribution < -0.4 is 5.32 Å². The van der Waals surface area contributed by atoms with Gasteiger partial charge in [-0.05, 0) is 19.3 Å². The van der Waals surface area contributed by atoms with Gasteiger partial charge in [-0.25, -0.2) is 13.2 Å². The van der Waals surface area contributed by atoms with Gasteiger partial charge in [0.1, 0.15) is 5.41 Å². The van der Waals surface area contributed by atoms with Crippen molar-refractivity contribution in [3.8, 4) is 0 Å². The lowest BCUT2D eigenvalue weighted by atomic mass is 9.66. The lowest BCUT2D eigenvalue weighted by Crippen LogP contribution is -2.68. The van der Waals surface area contributed by atoms with Crippen LogP contribution in [0.4, 0.5) is 4.79 Å². The van der Waals surface area contributed by atoms with Crippen LogP contribution in [0.1, 0.15) is 25.7 Å². The van der Waals surface area contributed by atoms with Gasteiger partial charge in [-0.15, -0.1) is 0 Å². The maximum atomic E-state index is 12.4. The Labute approximate surface area is 110 Å². The first kappa shape index (κ1) is 12.6. The summed E-state index contributed by atoms with van der Waals surface area (Å²) in [6.45, 7) is 0. The Morgan fingerprint density at radius 1 is 1.21 bits per heavy atom. The molecule has 2 heterocycles. The standard InChI is InChI=1S/C11H14N2O5S/c14-8-11(3-1-4-11)9(15)13(10(16)12-8)7-2-5-19(17,18)6-7/h7H,1-6H2,(H,12,14,16). The van der Waals surface area contributed by atoms with Gasteiger partial charge in [0.05, 0.1) is 17.5 Å². The number of carbonyl (C=O) groups excluding carboxylic acids is 3. The zero-order valence-electron chi connectivity index (χ0n) is 10.2. The van der Waals surface area contributed by atoms with Crippen molar-refractivity contribution < 1.29 is 22.8 Å². The van der Waals surface area contributed by atoms with E-state index in [4.69, 9.17) is 0 Å². The Morgan fingerprint density at radius 2 is 1.89 bits per heavy atom. The van der Waals surface area contributed by atoms with Crippen LogP contribution in [0.2, 0.25) is 0 Å². The van der Waals surface area contributed by atoms with E-state index in [1.807, 2.05) is 0 Å².